The lowest BCUT2D eigenvalue weighted by Gasteiger charge is -2.41. The fourth-order valence-electron chi connectivity index (χ4n) is 2.88. The molecule has 1 aliphatic heterocycles. The van der Waals surface area contributed by atoms with E-state index >= 15 is 0 Å². The van der Waals surface area contributed by atoms with Crippen molar-refractivity contribution in [1.29, 1.82) is 0 Å². The number of hydrogen-bond acceptors (Lipinski definition) is 3. The van der Waals surface area contributed by atoms with Crippen molar-refractivity contribution in [1.82, 2.24) is 9.97 Å². The van der Waals surface area contributed by atoms with Gasteiger partial charge in [-0.2, -0.15) is 0 Å². The molecule has 0 unspecified atom stereocenters. The minimum absolute atomic E-state index is 0.346. The summed E-state index contributed by atoms with van der Waals surface area (Å²) in [5.41, 5.74) is 1.65. The highest BCUT2D eigenvalue weighted by Gasteiger charge is 2.32. The standard InChI is InChI=1S/C14H22ClN3/c1-4-14(5-2)6-8-18(9-7-14)12-11(3)10-16-13(15)17-12/h10H,4-9H2,1-3H3. The summed E-state index contributed by atoms with van der Waals surface area (Å²) in [6.45, 7) is 8.83. The second-order valence-electron chi connectivity index (χ2n) is 5.34. The highest BCUT2D eigenvalue weighted by atomic mass is 35.5. The van der Waals surface area contributed by atoms with E-state index in [9.17, 15) is 0 Å². The lowest BCUT2D eigenvalue weighted by molar-refractivity contribution is 0.199. The summed E-state index contributed by atoms with van der Waals surface area (Å²) < 4.78 is 0. The number of hydrogen-bond donors (Lipinski definition) is 0. The van der Waals surface area contributed by atoms with Crippen LogP contribution in [0.25, 0.3) is 0 Å². The van der Waals surface area contributed by atoms with E-state index in [1.54, 1.807) is 0 Å². The zero-order valence-electron chi connectivity index (χ0n) is 11.5. The van der Waals surface area contributed by atoms with E-state index in [1.807, 2.05) is 13.1 Å². The summed E-state index contributed by atoms with van der Waals surface area (Å²) in [4.78, 5) is 10.8. The Kier molecular flexibility index (Phi) is 4.10. The molecule has 1 aliphatic rings. The quantitative estimate of drug-likeness (QED) is 0.779. The first-order valence-corrected chi connectivity index (χ1v) is 7.22. The summed E-state index contributed by atoms with van der Waals surface area (Å²) in [6, 6.07) is 0. The first-order chi connectivity index (χ1) is 8.60. The van der Waals surface area contributed by atoms with Crippen LogP contribution in [0.2, 0.25) is 5.28 Å². The molecule has 1 saturated heterocycles. The van der Waals surface area contributed by atoms with Crippen molar-refractivity contribution in [3.63, 3.8) is 0 Å². The summed E-state index contributed by atoms with van der Waals surface area (Å²) in [6.07, 6.45) is 6.87. The monoisotopic (exact) mass is 267 g/mol. The molecule has 0 spiro atoms. The van der Waals surface area contributed by atoms with Crippen molar-refractivity contribution in [3.8, 4) is 0 Å². The maximum atomic E-state index is 5.90. The van der Waals surface area contributed by atoms with Crippen molar-refractivity contribution in [2.24, 2.45) is 5.41 Å². The molecule has 0 amide bonds. The van der Waals surface area contributed by atoms with Gasteiger partial charge in [0, 0.05) is 24.8 Å². The van der Waals surface area contributed by atoms with Gasteiger partial charge < -0.3 is 4.90 Å². The van der Waals surface area contributed by atoms with Gasteiger partial charge in [-0.15, -0.1) is 0 Å². The normalized spacial score (nSPS) is 19.0. The molecule has 2 rings (SSSR count). The van der Waals surface area contributed by atoms with Crippen molar-refractivity contribution < 1.29 is 0 Å². The molecule has 0 atom stereocenters. The Bertz CT molecular complexity index is 406. The third-order valence-corrected chi connectivity index (χ3v) is 4.72. The third kappa shape index (κ3) is 2.61. The van der Waals surface area contributed by atoms with E-state index in [0.717, 1.165) is 24.5 Å². The van der Waals surface area contributed by atoms with Crippen LogP contribution in [0, 0.1) is 12.3 Å². The van der Waals surface area contributed by atoms with E-state index in [0.29, 0.717) is 10.7 Å². The van der Waals surface area contributed by atoms with Crippen LogP contribution in [0.5, 0.6) is 0 Å². The van der Waals surface area contributed by atoms with Crippen LogP contribution in [0.3, 0.4) is 0 Å². The molecule has 0 aliphatic carbocycles. The second kappa shape index (κ2) is 5.43. The Morgan fingerprint density at radius 3 is 2.44 bits per heavy atom. The molecule has 0 aromatic carbocycles. The molecule has 4 heteroatoms. The van der Waals surface area contributed by atoms with E-state index in [-0.39, 0.29) is 0 Å². The molecule has 0 radical (unpaired) electrons. The van der Waals surface area contributed by atoms with E-state index in [2.05, 4.69) is 28.7 Å². The molecule has 1 fully saturated rings. The SMILES string of the molecule is CCC1(CC)CCN(c2nc(Cl)ncc2C)CC1. The van der Waals surface area contributed by atoms with Gasteiger partial charge in [-0.25, -0.2) is 9.97 Å². The Labute approximate surface area is 115 Å². The van der Waals surface area contributed by atoms with Crippen LogP contribution in [0.1, 0.15) is 45.1 Å². The smallest absolute Gasteiger partial charge is 0.224 e. The number of halogens is 1. The zero-order valence-corrected chi connectivity index (χ0v) is 12.3. The van der Waals surface area contributed by atoms with Gasteiger partial charge in [-0.1, -0.05) is 26.7 Å². The number of rotatable bonds is 3. The highest BCUT2D eigenvalue weighted by Crippen LogP contribution is 2.39. The Morgan fingerprint density at radius 1 is 1.28 bits per heavy atom. The molecular formula is C14H22ClN3. The first kappa shape index (κ1) is 13.6. The highest BCUT2D eigenvalue weighted by molar-refractivity contribution is 6.28. The molecule has 0 N–H and O–H groups in total. The van der Waals surface area contributed by atoms with Gasteiger partial charge in [-0.3, -0.25) is 0 Å². The van der Waals surface area contributed by atoms with E-state index < -0.39 is 0 Å². The first-order valence-electron chi connectivity index (χ1n) is 6.84. The van der Waals surface area contributed by atoms with Crippen molar-refractivity contribution in [2.45, 2.75) is 46.5 Å². The molecule has 1 aromatic rings. The minimum atomic E-state index is 0.346. The maximum absolute atomic E-state index is 5.90. The average molecular weight is 268 g/mol. The number of aromatic nitrogens is 2. The van der Waals surface area contributed by atoms with E-state index in [4.69, 9.17) is 11.6 Å². The molecule has 3 nitrogen and oxygen atoms in total. The van der Waals surface area contributed by atoms with Crippen LogP contribution in [0.15, 0.2) is 6.20 Å². The van der Waals surface area contributed by atoms with Crippen molar-refractivity contribution in [2.75, 3.05) is 18.0 Å². The van der Waals surface area contributed by atoms with Gasteiger partial charge in [-0.05, 0) is 36.8 Å². The van der Waals surface area contributed by atoms with Crippen LogP contribution >= 0.6 is 11.6 Å². The summed E-state index contributed by atoms with van der Waals surface area (Å²) >= 11 is 5.90. The fourth-order valence-corrected chi connectivity index (χ4v) is 3.01. The van der Waals surface area contributed by atoms with Gasteiger partial charge in [0.2, 0.25) is 5.28 Å². The average Bonchev–Trinajstić information content (AvgIpc) is 2.42. The lowest BCUT2D eigenvalue weighted by atomic mass is 9.74. The predicted molar refractivity (Wildman–Crippen MR) is 76.2 cm³/mol. The van der Waals surface area contributed by atoms with Gasteiger partial charge in [0.05, 0.1) is 0 Å². The Balaban J connectivity index is 2.12. The molecule has 18 heavy (non-hydrogen) atoms. The Hall–Kier alpha value is -0.830. The van der Waals surface area contributed by atoms with Crippen LogP contribution in [0.4, 0.5) is 5.82 Å². The number of nitrogens with zero attached hydrogens (tertiary/aromatic N) is 3. The van der Waals surface area contributed by atoms with Crippen molar-refractivity contribution >= 4 is 17.4 Å². The fraction of sp³-hybridized carbons (Fsp3) is 0.714. The Morgan fingerprint density at radius 2 is 1.89 bits per heavy atom. The molecule has 2 heterocycles. The lowest BCUT2D eigenvalue weighted by Crippen LogP contribution is -2.40. The van der Waals surface area contributed by atoms with Gasteiger partial charge in [0.1, 0.15) is 5.82 Å². The molecule has 0 bridgehead atoms. The maximum Gasteiger partial charge on any atom is 0.224 e. The molecular weight excluding hydrogens is 246 g/mol. The largest absolute Gasteiger partial charge is 0.356 e. The number of anilines is 1. The van der Waals surface area contributed by atoms with Crippen molar-refractivity contribution in [3.05, 3.63) is 17.0 Å². The second-order valence-corrected chi connectivity index (χ2v) is 5.68. The summed E-state index contributed by atoms with van der Waals surface area (Å²) in [5.74, 6) is 1.01. The molecule has 1 aromatic heterocycles. The number of aryl methyl sites for hydroxylation is 1. The summed E-state index contributed by atoms with van der Waals surface area (Å²) in [7, 11) is 0. The minimum Gasteiger partial charge on any atom is -0.356 e. The zero-order chi connectivity index (χ0) is 13.2. The molecule has 100 valence electrons. The van der Waals surface area contributed by atoms with Crippen LogP contribution < -0.4 is 4.90 Å². The van der Waals surface area contributed by atoms with Gasteiger partial charge in [0.25, 0.3) is 0 Å². The summed E-state index contributed by atoms with van der Waals surface area (Å²) in [5, 5.41) is 0.346. The van der Waals surface area contributed by atoms with Crippen LogP contribution in [-0.2, 0) is 0 Å². The third-order valence-electron chi connectivity index (χ3n) is 4.54. The number of piperidine rings is 1. The topological polar surface area (TPSA) is 29.0 Å². The molecule has 0 saturated carbocycles. The van der Waals surface area contributed by atoms with Gasteiger partial charge in [0.15, 0.2) is 0 Å². The van der Waals surface area contributed by atoms with Gasteiger partial charge >= 0.3 is 0 Å². The van der Waals surface area contributed by atoms with E-state index in [1.165, 1.54) is 25.7 Å². The van der Waals surface area contributed by atoms with Crippen LogP contribution in [-0.4, -0.2) is 23.1 Å². The predicted octanol–water partition coefficient (Wildman–Crippen LogP) is 3.85.